The zero-order valence-corrected chi connectivity index (χ0v) is 53.1. The molecule has 34 nitrogen and oxygen atoms in total. The summed E-state index contributed by atoms with van der Waals surface area (Å²) in [5.74, 6) is -5.63. The van der Waals surface area contributed by atoms with E-state index in [2.05, 4.69) is 93.5 Å². The Kier molecular flexibility index (Phi) is 26.1. The largest absolute Gasteiger partial charge is 0.480 e. The lowest BCUT2D eigenvalue weighted by atomic mass is 10.1. The average Bonchev–Trinajstić information content (AvgIpc) is 1.26. The topological polar surface area (TPSA) is 487 Å². The molecule has 0 radical (unpaired) electrons. The first-order valence-corrected chi connectivity index (χ1v) is 32.4. The molecule has 1 unspecified atom stereocenters. The molecule has 3 aromatic carbocycles. The Bertz CT molecular complexity index is 4160. The Labute approximate surface area is 554 Å². The number of hydrogen-bond acceptors (Lipinski definition) is 20. The summed E-state index contributed by atoms with van der Waals surface area (Å²) in [5, 5.41) is 58.2. The number of nitrogens with zero attached hydrogens (tertiary/aromatic N) is 8. The van der Waals surface area contributed by atoms with Gasteiger partial charge in [0.1, 0.15) is 28.8 Å². The predicted octanol–water partition coefficient (Wildman–Crippen LogP) is 2.37. The number of H-pyrrole nitrogens is 2. The summed E-state index contributed by atoms with van der Waals surface area (Å²) < 4.78 is 36.7. The third-order valence-corrected chi connectivity index (χ3v) is 15.8. The number of fused-ring (bicyclic) bond motifs is 2. The third kappa shape index (κ3) is 22.3. The molecule has 0 saturated carbocycles. The van der Waals surface area contributed by atoms with E-state index in [0.29, 0.717) is 61.7 Å². The van der Waals surface area contributed by atoms with Gasteiger partial charge in [0, 0.05) is 130 Å². The molecule has 0 spiro atoms. The van der Waals surface area contributed by atoms with Crippen molar-refractivity contribution >= 4 is 109 Å². The van der Waals surface area contributed by atoms with Gasteiger partial charge in [0.05, 0.1) is 35.2 Å². The van der Waals surface area contributed by atoms with Crippen LogP contribution in [0.4, 0.5) is 17.7 Å². The van der Waals surface area contributed by atoms with Crippen LogP contribution in [0.15, 0.2) is 126 Å². The van der Waals surface area contributed by atoms with Crippen molar-refractivity contribution in [1.82, 2.24) is 81.7 Å². The van der Waals surface area contributed by atoms with Crippen molar-refractivity contribution < 1.29 is 66.3 Å². The molecule has 0 aliphatic heterocycles. The van der Waals surface area contributed by atoms with E-state index >= 15 is 0 Å². The number of hydrazone groups is 1. The van der Waals surface area contributed by atoms with Gasteiger partial charge < -0.3 is 68.0 Å². The number of carboxylic acid groups (broad SMARTS) is 2. The Morgan fingerprint density at radius 3 is 1.64 bits per heavy atom. The number of amides is 7. The van der Waals surface area contributed by atoms with Crippen LogP contribution in [0.3, 0.4) is 0 Å². The van der Waals surface area contributed by atoms with Crippen molar-refractivity contribution in [2.24, 2.45) is 5.10 Å². The lowest BCUT2D eigenvalue weighted by Gasteiger charge is -2.19. The minimum atomic E-state index is -4.55. The van der Waals surface area contributed by atoms with Crippen molar-refractivity contribution in [2.75, 3.05) is 55.3 Å². The molecule has 512 valence electrons. The summed E-state index contributed by atoms with van der Waals surface area (Å²) in [7, 11) is -4.55. The highest BCUT2D eigenvalue weighted by Gasteiger charge is 2.26. The summed E-state index contributed by atoms with van der Waals surface area (Å²) in [5.41, 5.74) is 4.79. The minimum absolute atomic E-state index is 0.00150. The number of benzene rings is 3. The third-order valence-electron chi connectivity index (χ3n) is 14.9. The molecule has 97 heavy (non-hydrogen) atoms. The number of pyridine rings is 1. The highest BCUT2D eigenvalue weighted by atomic mass is 32.2. The van der Waals surface area contributed by atoms with Crippen LogP contribution < -0.4 is 53.3 Å². The highest BCUT2D eigenvalue weighted by Crippen LogP contribution is 2.19. The van der Waals surface area contributed by atoms with Gasteiger partial charge in [0.15, 0.2) is 11.9 Å². The lowest BCUT2D eigenvalue weighted by molar-refractivity contribution is -0.142. The number of aromatic amines is 2. The maximum atomic E-state index is 13.7. The summed E-state index contributed by atoms with van der Waals surface area (Å²) in [6.45, 7) is 1.71. The van der Waals surface area contributed by atoms with Crippen molar-refractivity contribution in [3.05, 3.63) is 138 Å². The molecule has 0 bridgehead atoms. The van der Waals surface area contributed by atoms with Gasteiger partial charge in [0.25, 0.3) is 27.8 Å². The fourth-order valence-corrected chi connectivity index (χ4v) is 10.5. The lowest BCUT2D eigenvalue weighted by Crippen LogP contribution is -2.48. The highest BCUT2D eigenvalue weighted by molar-refractivity contribution is 7.86. The Morgan fingerprint density at radius 1 is 0.546 bits per heavy atom. The number of anilines is 3. The number of carboxylic acids is 2. The summed E-state index contributed by atoms with van der Waals surface area (Å²) >= 11 is 0. The number of nitrogens with one attached hydrogen (secondary N) is 12. The van der Waals surface area contributed by atoms with Crippen molar-refractivity contribution in [3.63, 3.8) is 0 Å². The van der Waals surface area contributed by atoms with E-state index in [0.717, 1.165) is 30.1 Å². The smallest absolute Gasteiger partial charge is 0.328 e. The molecular formula is C62H74N20O14S. The zero-order valence-electron chi connectivity index (χ0n) is 52.3. The van der Waals surface area contributed by atoms with Gasteiger partial charge in [-0.15, -0.1) is 0 Å². The summed E-state index contributed by atoms with van der Waals surface area (Å²) in [6.07, 6.45) is 14.1. The molecule has 8 aromatic rings. The number of aryl methyl sites for hydroxylation is 2. The average molecular weight is 1360 g/mol. The van der Waals surface area contributed by atoms with Crippen LogP contribution >= 0.6 is 0 Å². The summed E-state index contributed by atoms with van der Waals surface area (Å²) in [4.78, 5) is 135. The maximum absolute atomic E-state index is 13.7. The van der Waals surface area contributed by atoms with Crippen LogP contribution in [-0.4, -0.2) is 185 Å². The number of unbranched alkanes of at least 4 members (excludes halogenated alkanes) is 2. The Balaban J connectivity index is 0.761. The Hall–Kier alpha value is -11.6. The molecule has 15 N–H and O–H groups in total. The number of carbonyl (C=O) groups is 9. The number of rotatable bonds is 40. The van der Waals surface area contributed by atoms with Gasteiger partial charge in [-0.3, -0.25) is 52.9 Å². The van der Waals surface area contributed by atoms with Gasteiger partial charge >= 0.3 is 11.9 Å². The normalized spacial score (nSPS) is 12.3. The van der Waals surface area contributed by atoms with Gasteiger partial charge in [-0.25, -0.2) is 24.5 Å². The molecule has 8 rings (SSSR count). The number of carbonyl (C=O) groups excluding carboxylic acids is 7. The fraction of sp³-hybridized carbons (Fsp3) is 0.339. The molecule has 5 aromatic heterocycles. The quantitative estimate of drug-likeness (QED) is 0.0113. The maximum Gasteiger partial charge on any atom is 0.328 e. The van der Waals surface area contributed by atoms with Crippen LogP contribution in [-0.2, 0) is 52.0 Å². The van der Waals surface area contributed by atoms with E-state index in [1.807, 2.05) is 4.68 Å². The summed E-state index contributed by atoms with van der Waals surface area (Å²) in [6, 6.07) is 14.1. The van der Waals surface area contributed by atoms with Crippen LogP contribution in [0.1, 0.15) is 101 Å². The molecule has 0 fully saturated rings. The second-order valence-corrected chi connectivity index (χ2v) is 23.4. The first-order chi connectivity index (χ1) is 46.8. The van der Waals surface area contributed by atoms with Crippen LogP contribution in [0.2, 0.25) is 0 Å². The molecule has 5 heterocycles. The van der Waals surface area contributed by atoms with Crippen molar-refractivity contribution in [1.29, 1.82) is 0 Å². The van der Waals surface area contributed by atoms with Crippen molar-refractivity contribution in [2.45, 2.75) is 100 Å². The fourth-order valence-electron chi connectivity index (χ4n) is 9.79. The predicted molar refractivity (Wildman–Crippen MR) is 353 cm³/mol. The van der Waals surface area contributed by atoms with Gasteiger partial charge in [-0.1, -0.05) is 24.6 Å². The first-order valence-electron chi connectivity index (χ1n) is 30.9. The molecule has 3 atom stereocenters. The molecular weight excluding hydrogens is 1280 g/mol. The molecule has 7 amide bonds. The van der Waals surface area contributed by atoms with Gasteiger partial charge in [-0.05, 0) is 93.1 Å². The molecule has 0 saturated heterocycles. The van der Waals surface area contributed by atoms with Gasteiger partial charge in [-0.2, -0.15) is 23.7 Å². The Morgan fingerprint density at radius 2 is 1.10 bits per heavy atom. The van der Waals surface area contributed by atoms with Crippen molar-refractivity contribution in [3.8, 4) is 0 Å². The minimum Gasteiger partial charge on any atom is -0.480 e. The van der Waals surface area contributed by atoms with Crippen LogP contribution in [0.25, 0.3) is 21.8 Å². The second kappa shape index (κ2) is 35.6. The number of aromatic nitrogens is 9. The van der Waals surface area contributed by atoms with E-state index < -0.39 is 94.6 Å². The zero-order chi connectivity index (χ0) is 69.1. The number of imidazole rings is 2. The van der Waals surface area contributed by atoms with E-state index in [1.54, 1.807) is 78.3 Å². The van der Waals surface area contributed by atoms with Gasteiger partial charge in [0.2, 0.25) is 23.6 Å². The second-order valence-electron chi connectivity index (χ2n) is 22.0. The molecule has 35 heteroatoms. The standard InChI is InChI=1S/C62H74N20O14S/c83-52(63-22-6-12-54(85)78-47(60(92)93)38-73-56(87)40-14-18-49-44(32-40)36-76-82(49)30-8-24-66-62-69-27-28-70-62)20-16-45(79-57(88)42-15-19-51(71-33-42)80-74-34-41-9-3-4-10-50(41)97(94,95)96)58(89)64-21-5-1-2-11-53(84)77-46(59(90)91)37-72-55(86)39-13-17-48-43(31-39)35-75-81(48)29-7-23-65-61-67-25-26-68-61/h3-4,9-10,13-15,17-19,25-28,31-36,45-47H,1-2,5-8,11-12,16,20-24,29-30,37-38H2,(H,63,83)(H,64,89)(H,71,80)(H,72,86)(H,73,87)(H,77,84)(H,78,85)(H,79,88)(H,90,91)(H,92,93)(H2,65,67,68)(H2,66,69,70)(H,94,95,96)/b74-34+/t45?,46-,47-/m0/s1. The monoisotopic (exact) mass is 1350 g/mol. The molecule has 0 aliphatic carbocycles. The van der Waals surface area contributed by atoms with Crippen LogP contribution in [0.5, 0.6) is 0 Å². The number of hydrogen-bond donors (Lipinski definition) is 15. The molecule has 0 aliphatic rings. The van der Waals surface area contributed by atoms with E-state index in [1.165, 1.54) is 42.6 Å². The number of aliphatic carboxylic acids is 2. The van der Waals surface area contributed by atoms with Crippen LogP contribution in [0, 0.1) is 0 Å². The SMILES string of the molecule is O=C(CCC(NC(=O)c1ccc(N/N=C/c2ccccc2S(=O)(=O)O)nc1)C(=O)NCCCCCC(=O)N[C@@H](CNC(=O)c1ccc2c(cnn2CCCNc2ncc[nH]2)c1)C(=O)O)NCCCC(=O)N[C@@H](CNC(=O)c1ccc2c(cnn2CCCNc2ncc[nH]2)c1)C(=O)O. The van der Waals surface area contributed by atoms with E-state index in [9.17, 15) is 66.3 Å². The first kappa shape index (κ1) is 71.2. The van der Waals surface area contributed by atoms with E-state index in [-0.39, 0.29) is 84.6 Å². The van der Waals surface area contributed by atoms with E-state index in [4.69, 9.17) is 0 Å².